The molecular formula is C11H12ClN3OS. The van der Waals surface area contributed by atoms with Crippen molar-refractivity contribution in [3.8, 4) is 11.9 Å². The third kappa shape index (κ3) is 3.84. The van der Waals surface area contributed by atoms with Crippen molar-refractivity contribution >= 4 is 34.2 Å². The number of amidine groups is 1. The van der Waals surface area contributed by atoms with E-state index in [1.807, 2.05) is 19.4 Å². The number of rotatable bonds is 3. The number of thioether (sulfide) groups is 1. The summed E-state index contributed by atoms with van der Waals surface area (Å²) in [5.41, 5.74) is 0.603. The Bertz CT molecular complexity index is 457. The molecule has 0 spiro atoms. The summed E-state index contributed by atoms with van der Waals surface area (Å²) >= 11 is 7.37. The summed E-state index contributed by atoms with van der Waals surface area (Å²) in [5.74, 6) is 0.531. The lowest BCUT2D eigenvalue weighted by Gasteiger charge is -2.09. The SMILES string of the molecule is CCOc1c(Cl)cccc1N=C(NC#N)SC. The molecule has 0 atom stereocenters. The van der Waals surface area contributed by atoms with Gasteiger partial charge in [-0.3, -0.25) is 5.32 Å². The minimum Gasteiger partial charge on any atom is -0.490 e. The number of hydrogen-bond donors (Lipinski definition) is 1. The number of aliphatic imine (C=N–C) groups is 1. The van der Waals surface area contributed by atoms with Crippen LogP contribution < -0.4 is 10.1 Å². The molecule has 0 aliphatic carbocycles. The quantitative estimate of drug-likeness (QED) is 0.396. The lowest BCUT2D eigenvalue weighted by molar-refractivity contribution is 0.341. The molecule has 0 bridgehead atoms. The van der Waals surface area contributed by atoms with E-state index >= 15 is 0 Å². The molecular weight excluding hydrogens is 258 g/mol. The van der Waals surface area contributed by atoms with Gasteiger partial charge in [-0.2, -0.15) is 5.26 Å². The van der Waals surface area contributed by atoms with E-state index in [0.717, 1.165) is 0 Å². The number of nitrogens with one attached hydrogen (secondary N) is 1. The molecule has 1 aromatic carbocycles. The first kappa shape index (κ1) is 13.7. The highest BCUT2D eigenvalue weighted by atomic mass is 35.5. The monoisotopic (exact) mass is 269 g/mol. The summed E-state index contributed by atoms with van der Waals surface area (Å²) in [7, 11) is 0. The van der Waals surface area contributed by atoms with E-state index in [4.69, 9.17) is 21.6 Å². The fourth-order valence-corrected chi connectivity index (χ4v) is 1.72. The number of nitriles is 1. The maximum atomic E-state index is 8.56. The van der Waals surface area contributed by atoms with Gasteiger partial charge in [0.1, 0.15) is 5.69 Å². The number of halogens is 1. The van der Waals surface area contributed by atoms with Crippen LogP contribution >= 0.6 is 23.4 Å². The van der Waals surface area contributed by atoms with Crippen molar-refractivity contribution < 1.29 is 4.74 Å². The second kappa shape index (κ2) is 7.05. The first-order chi connectivity index (χ1) is 8.22. The molecule has 1 N–H and O–H groups in total. The second-order valence-corrected chi connectivity index (χ2v) is 4.08. The Morgan fingerprint density at radius 1 is 1.65 bits per heavy atom. The van der Waals surface area contributed by atoms with Crippen LogP contribution in [0, 0.1) is 11.5 Å². The Morgan fingerprint density at radius 2 is 2.41 bits per heavy atom. The largest absolute Gasteiger partial charge is 0.490 e. The number of ether oxygens (including phenoxy) is 1. The molecule has 0 saturated carbocycles. The van der Waals surface area contributed by atoms with Gasteiger partial charge in [0, 0.05) is 0 Å². The van der Waals surface area contributed by atoms with Gasteiger partial charge in [-0.25, -0.2) is 4.99 Å². The van der Waals surface area contributed by atoms with Crippen molar-refractivity contribution in [1.29, 1.82) is 5.26 Å². The summed E-state index contributed by atoms with van der Waals surface area (Å²) in [6, 6.07) is 5.31. The molecule has 1 rings (SSSR count). The molecule has 0 fully saturated rings. The maximum Gasteiger partial charge on any atom is 0.183 e. The molecule has 0 radical (unpaired) electrons. The van der Waals surface area contributed by atoms with Crippen LogP contribution in [0.5, 0.6) is 5.75 Å². The van der Waals surface area contributed by atoms with Gasteiger partial charge in [-0.1, -0.05) is 29.4 Å². The van der Waals surface area contributed by atoms with E-state index in [9.17, 15) is 0 Å². The van der Waals surface area contributed by atoms with Crippen molar-refractivity contribution in [2.75, 3.05) is 12.9 Å². The first-order valence-electron chi connectivity index (χ1n) is 4.92. The van der Waals surface area contributed by atoms with Crippen molar-refractivity contribution in [3.63, 3.8) is 0 Å². The zero-order valence-electron chi connectivity index (χ0n) is 9.53. The van der Waals surface area contributed by atoms with Gasteiger partial charge in [0.25, 0.3) is 0 Å². The summed E-state index contributed by atoms with van der Waals surface area (Å²) in [6.45, 7) is 2.38. The smallest absolute Gasteiger partial charge is 0.183 e. The Kier molecular flexibility index (Phi) is 5.67. The van der Waals surface area contributed by atoms with Gasteiger partial charge in [0.2, 0.25) is 0 Å². The molecule has 17 heavy (non-hydrogen) atoms. The third-order valence-electron chi connectivity index (χ3n) is 1.81. The zero-order chi connectivity index (χ0) is 12.7. The summed E-state index contributed by atoms with van der Waals surface area (Å²) in [6.07, 6.45) is 3.66. The minimum absolute atomic E-state index is 0.496. The predicted octanol–water partition coefficient (Wildman–Crippen LogP) is 3.16. The van der Waals surface area contributed by atoms with Crippen molar-refractivity contribution in [1.82, 2.24) is 5.32 Å². The molecule has 0 unspecified atom stereocenters. The molecule has 0 aliphatic heterocycles. The van der Waals surface area contributed by atoms with Gasteiger partial charge < -0.3 is 4.74 Å². The van der Waals surface area contributed by atoms with E-state index in [0.29, 0.717) is 28.2 Å². The average Bonchev–Trinajstić information content (AvgIpc) is 2.33. The van der Waals surface area contributed by atoms with Crippen LogP contribution in [0.15, 0.2) is 23.2 Å². The Morgan fingerprint density at radius 3 is 3.00 bits per heavy atom. The molecule has 0 aliphatic rings. The molecule has 4 nitrogen and oxygen atoms in total. The van der Waals surface area contributed by atoms with Crippen LogP contribution in [-0.4, -0.2) is 18.0 Å². The topological polar surface area (TPSA) is 57.4 Å². The molecule has 1 aromatic rings. The lowest BCUT2D eigenvalue weighted by Crippen LogP contribution is -2.12. The van der Waals surface area contributed by atoms with Gasteiger partial charge >= 0.3 is 0 Å². The fourth-order valence-electron chi connectivity index (χ4n) is 1.15. The number of hydrogen-bond acceptors (Lipinski definition) is 4. The van der Waals surface area contributed by atoms with Crippen molar-refractivity contribution in [2.45, 2.75) is 6.92 Å². The van der Waals surface area contributed by atoms with Crippen LogP contribution in [-0.2, 0) is 0 Å². The summed E-state index contributed by atoms with van der Waals surface area (Å²) in [5, 5.41) is 12.1. The maximum absolute atomic E-state index is 8.56. The average molecular weight is 270 g/mol. The zero-order valence-corrected chi connectivity index (χ0v) is 11.1. The van der Waals surface area contributed by atoms with Gasteiger partial charge in [-0.15, -0.1) is 0 Å². The second-order valence-electron chi connectivity index (χ2n) is 2.88. The molecule has 90 valence electrons. The van der Waals surface area contributed by atoms with Crippen LogP contribution in [0.3, 0.4) is 0 Å². The fraction of sp³-hybridized carbons (Fsp3) is 0.273. The van der Waals surface area contributed by atoms with E-state index in [-0.39, 0.29) is 0 Å². The van der Waals surface area contributed by atoms with Crippen LogP contribution in [0.25, 0.3) is 0 Å². The molecule has 6 heteroatoms. The number of para-hydroxylation sites is 1. The normalized spacial score (nSPS) is 10.8. The number of nitrogens with zero attached hydrogens (tertiary/aromatic N) is 2. The standard InChI is InChI=1S/C11H12ClN3OS/c1-3-16-10-8(12)5-4-6-9(10)15-11(17-2)14-7-13/h4-6H,3H2,1-2H3,(H,14,15). The van der Waals surface area contributed by atoms with Crippen molar-refractivity contribution in [3.05, 3.63) is 23.2 Å². The van der Waals surface area contributed by atoms with Gasteiger partial charge in [0.15, 0.2) is 17.1 Å². The van der Waals surface area contributed by atoms with Gasteiger partial charge in [-0.05, 0) is 25.3 Å². The van der Waals surface area contributed by atoms with E-state index in [1.165, 1.54) is 11.8 Å². The van der Waals surface area contributed by atoms with E-state index in [2.05, 4.69) is 10.3 Å². The molecule has 0 aromatic heterocycles. The Hall–Kier alpha value is -1.38. The Balaban J connectivity index is 3.12. The van der Waals surface area contributed by atoms with Gasteiger partial charge in [0.05, 0.1) is 11.6 Å². The highest BCUT2D eigenvalue weighted by Crippen LogP contribution is 2.35. The predicted molar refractivity (Wildman–Crippen MR) is 72.0 cm³/mol. The van der Waals surface area contributed by atoms with E-state index < -0.39 is 0 Å². The molecule has 0 amide bonds. The minimum atomic E-state index is 0.496. The first-order valence-corrected chi connectivity index (χ1v) is 6.52. The van der Waals surface area contributed by atoms with Crippen LogP contribution in [0.4, 0.5) is 5.69 Å². The number of benzene rings is 1. The Labute approximate surface area is 110 Å². The molecule has 0 saturated heterocycles. The third-order valence-corrected chi connectivity index (χ3v) is 2.69. The highest BCUT2D eigenvalue weighted by molar-refractivity contribution is 8.13. The summed E-state index contributed by atoms with van der Waals surface area (Å²) in [4.78, 5) is 4.28. The lowest BCUT2D eigenvalue weighted by atomic mass is 10.3. The van der Waals surface area contributed by atoms with Crippen LogP contribution in [0.2, 0.25) is 5.02 Å². The van der Waals surface area contributed by atoms with Crippen LogP contribution in [0.1, 0.15) is 6.92 Å². The molecule has 0 heterocycles. The van der Waals surface area contributed by atoms with E-state index in [1.54, 1.807) is 18.2 Å². The van der Waals surface area contributed by atoms with Crippen molar-refractivity contribution in [2.24, 2.45) is 4.99 Å². The highest BCUT2D eigenvalue weighted by Gasteiger charge is 2.08. The summed E-state index contributed by atoms with van der Waals surface area (Å²) < 4.78 is 5.43.